The van der Waals surface area contributed by atoms with Crippen molar-refractivity contribution in [2.45, 2.75) is 39.7 Å². The van der Waals surface area contributed by atoms with E-state index in [-0.39, 0.29) is 5.56 Å². The predicted octanol–water partition coefficient (Wildman–Crippen LogP) is 3.55. The number of aldehydes is 1. The van der Waals surface area contributed by atoms with Gasteiger partial charge in [0.15, 0.2) is 6.29 Å². The molecule has 0 heterocycles. The summed E-state index contributed by atoms with van der Waals surface area (Å²) >= 11 is 0. The third-order valence-corrected chi connectivity index (χ3v) is 2.33. The van der Waals surface area contributed by atoms with Gasteiger partial charge in [-0.3, -0.25) is 10.1 Å². The number of nitrogens with one attached hydrogen (secondary N) is 1. The molecule has 19 heavy (non-hydrogen) atoms. The van der Waals surface area contributed by atoms with Gasteiger partial charge in [0.05, 0.1) is 5.56 Å². The normalized spacial score (nSPS) is 11.0. The van der Waals surface area contributed by atoms with Crippen LogP contribution in [0.25, 0.3) is 0 Å². The Kier molecular flexibility index (Phi) is 4.64. The van der Waals surface area contributed by atoms with E-state index in [9.17, 15) is 14.0 Å². The van der Waals surface area contributed by atoms with Gasteiger partial charge in [0.2, 0.25) is 0 Å². The van der Waals surface area contributed by atoms with E-state index >= 15 is 0 Å². The third-order valence-electron chi connectivity index (χ3n) is 2.33. The lowest BCUT2D eigenvalue weighted by Gasteiger charge is -2.20. The third kappa shape index (κ3) is 4.35. The number of carbonyl (C=O) groups is 2. The Morgan fingerprint density at radius 1 is 1.42 bits per heavy atom. The van der Waals surface area contributed by atoms with Crippen molar-refractivity contribution < 1.29 is 18.7 Å². The van der Waals surface area contributed by atoms with Crippen molar-refractivity contribution in [2.75, 3.05) is 5.32 Å². The van der Waals surface area contributed by atoms with Gasteiger partial charge in [-0.1, -0.05) is 6.92 Å². The monoisotopic (exact) mass is 267 g/mol. The molecule has 1 aromatic rings. The van der Waals surface area contributed by atoms with Gasteiger partial charge in [-0.15, -0.1) is 0 Å². The first-order valence-corrected chi connectivity index (χ1v) is 6.04. The zero-order valence-corrected chi connectivity index (χ0v) is 11.5. The van der Waals surface area contributed by atoms with Crippen molar-refractivity contribution in [3.05, 3.63) is 29.1 Å². The lowest BCUT2D eigenvalue weighted by atomic mass is 10.1. The highest BCUT2D eigenvalue weighted by molar-refractivity contribution is 5.87. The Morgan fingerprint density at radius 3 is 2.53 bits per heavy atom. The van der Waals surface area contributed by atoms with Crippen molar-refractivity contribution in [1.82, 2.24) is 0 Å². The maximum Gasteiger partial charge on any atom is 0.412 e. The van der Waals surface area contributed by atoms with E-state index in [0.29, 0.717) is 24.0 Å². The largest absolute Gasteiger partial charge is 0.444 e. The van der Waals surface area contributed by atoms with Crippen LogP contribution in [-0.4, -0.2) is 18.0 Å². The highest BCUT2D eigenvalue weighted by Gasteiger charge is 2.17. The molecule has 0 fully saturated rings. The van der Waals surface area contributed by atoms with Gasteiger partial charge in [-0.2, -0.15) is 0 Å². The average Bonchev–Trinajstić information content (AvgIpc) is 2.28. The molecule has 0 aromatic heterocycles. The molecule has 0 atom stereocenters. The Morgan fingerprint density at radius 2 is 2.05 bits per heavy atom. The summed E-state index contributed by atoms with van der Waals surface area (Å²) in [5.74, 6) is -0.549. The second kappa shape index (κ2) is 5.82. The second-order valence-electron chi connectivity index (χ2n) is 5.14. The van der Waals surface area contributed by atoms with Gasteiger partial charge in [-0.25, -0.2) is 9.18 Å². The number of benzene rings is 1. The molecule has 4 nitrogen and oxygen atoms in total. The molecule has 1 N–H and O–H groups in total. The van der Waals surface area contributed by atoms with Gasteiger partial charge in [0.25, 0.3) is 0 Å². The van der Waals surface area contributed by atoms with Crippen LogP contribution in [0.15, 0.2) is 12.1 Å². The molecular weight excluding hydrogens is 249 g/mol. The lowest BCUT2D eigenvalue weighted by molar-refractivity contribution is 0.0635. The van der Waals surface area contributed by atoms with E-state index < -0.39 is 17.5 Å². The summed E-state index contributed by atoms with van der Waals surface area (Å²) in [4.78, 5) is 22.4. The Hall–Kier alpha value is -1.91. The van der Waals surface area contributed by atoms with Crippen LogP contribution < -0.4 is 5.32 Å². The van der Waals surface area contributed by atoms with Crippen LogP contribution in [0.4, 0.5) is 14.9 Å². The highest BCUT2D eigenvalue weighted by Crippen LogP contribution is 2.20. The number of halogens is 1. The second-order valence-corrected chi connectivity index (χ2v) is 5.14. The molecule has 5 heteroatoms. The van der Waals surface area contributed by atoms with Crippen LogP contribution in [0.3, 0.4) is 0 Å². The summed E-state index contributed by atoms with van der Waals surface area (Å²) < 4.78 is 18.8. The fourth-order valence-electron chi connectivity index (χ4n) is 1.55. The molecule has 0 bridgehead atoms. The Labute approximate surface area is 112 Å². The summed E-state index contributed by atoms with van der Waals surface area (Å²) in [6, 6.07) is 2.78. The molecule has 0 radical (unpaired) electrons. The van der Waals surface area contributed by atoms with Gasteiger partial charge in [0.1, 0.15) is 11.4 Å². The van der Waals surface area contributed by atoms with E-state index in [1.165, 1.54) is 12.1 Å². The lowest BCUT2D eigenvalue weighted by Crippen LogP contribution is -2.27. The van der Waals surface area contributed by atoms with Crippen molar-refractivity contribution in [3.63, 3.8) is 0 Å². The average molecular weight is 267 g/mol. The van der Waals surface area contributed by atoms with E-state index in [2.05, 4.69) is 5.32 Å². The topological polar surface area (TPSA) is 55.4 Å². The first-order valence-electron chi connectivity index (χ1n) is 6.04. The van der Waals surface area contributed by atoms with Crippen LogP contribution in [0.2, 0.25) is 0 Å². The summed E-state index contributed by atoms with van der Waals surface area (Å²) in [5, 5.41) is 2.49. The smallest absolute Gasteiger partial charge is 0.412 e. The number of hydrogen-bond acceptors (Lipinski definition) is 3. The van der Waals surface area contributed by atoms with Crippen LogP contribution in [0.1, 0.15) is 43.6 Å². The van der Waals surface area contributed by atoms with E-state index in [1.54, 1.807) is 27.7 Å². The fourth-order valence-corrected chi connectivity index (χ4v) is 1.55. The number of carbonyl (C=O) groups excluding carboxylic acids is 2. The highest BCUT2D eigenvalue weighted by atomic mass is 19.1. The molecule has 0 saturated heterocycles. The summed E-state index contributed by atoms with van der Waals surface area (Å²) in [7, 11) is 0. The van der Waals surface area contributed by atoms with Gasteiger partial charge >= 0.3 is 6.09 Å². The minimum Gasteiger partial charge on any atom is -0.444 e. The summed E-state index contributed by atoms with van der Waals surface area (Å²) in [6.45, 7) is 6.99. The number of anilines is 1. The van der Waals surface area contributed by atoms with Gasteiger partial charge in [0, 0.05) is 5.69 Å². The Bertz CT molecular complexity index is 492. The molecular formula is C14H18FNO3. The van der Waals surface area contributed by atoms with Crippen molar-refractivity contribution in [2.24, 2.45) is 0 Å². The number of aryl methyl sites for hydroxylation is 1. The predicted molar refractivity (Wildman–Crippen MR) is 71.0 cm³/mol. The van der Waals surface area contributed by atoms with Gasteiger partial charge in [-0.05, 0) is 44.9 Å². The van der Waals surface area contributed by atoms with Crippen LogP contribution in [-0.2, 0) is 11.2 Å². The van der Waals surface area contributed by atoms with Gasteiger partial charge < -0.3 is 4.74 Å². The molecule has 1 amide bonds. The SMILES string of the molecule is CCc1cc(NC(=O)OC(C)(C)C)cc(C=O)c1F. The number of rotatable bonds is 3. The maximum atomic E-state index is 13.7. The molecule has 0 aliphatic rings. The molecule has 1 aromatic carbocycles. The van der Waals surface area contributed by atoms with E-state index in [1.807, 2.05) is 0 Å². The number of amides is 1. The first kappa shape index (κ1) is 15.1. The minimum atomic E-state index is -0.641. The Balaban J connectivity index is 2.96. The molecule has 0 unspecified atom stereocenters. The van der Waals surface area contributed by atoms with Crippen LogP contribution in [0, 0.1) is 5.82 Å². The van der Waals surface area contributed by atoms with Crippen LogP contribution >= 0.6 is 0 Å². The van der Waals surface area contributed by atoms with Crippen molar-refractivity contribution in [3.8, 4) is 0 Å². The van der Waals surface area contributed by atoms with E-state index in [4.69, 9.17) is 4.74 Å². The zero-order chi connectivity index (χ0) is 14.6. The summed E-state index contributed by atoms with van der Waals surface area (Å²) in [6.07, 6.45) is 0.212. The molecule has 104 valence electrons. The molecule has 1 rings (SSSR count). The standard InChI is InChI=1S/C14H18FNO3/c1-5-9-6-11(7-10(8-17)12(9)15)16-13(18)19-14(2,3)4/h6-8H,5H2,1-4H3,(H,16,18). The molecule has 0 spiro atoms. The quantitative estimate of drug-likeness (QED) is 0.852. The van der Waals surface area contributed by atoms with Crippen LogP contribution in [0.5, 0.6) is 0 Å². The zero-order valence-electron chi connectivity index (χ0n) is 11.5. The molecule has 0 aliphatic heterocycles. The van der Waals surface area contributed by atoms with Crippen molar-refractivity contribution in [1.29, 1.82) is 0 Å². The maximum absolute atomic E-state index is 13.7. The fraction of sp³-hybridized carbons (Fsp3) is 0.429. The summed E-state index contributed by atoms with van der Waals surface area (Å²) in [5.41, 5.74) is 0.0150. The van der Waals surface area contributed by atoms with E-state index in [0.717, 1.165) is 0 Å². The number of ether oxygens (including phenoxy) is 1. The molecule has 0 aliphatic carbocycles. The minimum absolute atomic E-state index is 0.0783. The number of hydrogen-bond donors (Lipinski definition) is 1. The molecule has 0 saturated carbocycles. The first-order chi connectivity index (χ1) is 8.76. The van der Waals surface area contributed by atoms with Crippen molar-refractivity contribution >= 4 is 18.1 Å².